The van der Waals surface area contributed by atoms with Crippen molar-refractivity contribution in [1.29, 1.82) is 0 Å². The van der Waals surface area contributed by atoms with E-state index in [4.69, 9.17) is 11.6 Å². The number of hydrogen-bond donors (Lipinski definition) is 2. The molecule has 0 aromatic carbocycles. The lowest BCUT2D eigenvalue weighted by atomic mass is 9.96. The number of carbonyl (C=O) groups excluding carboxylic acids is 1. The van der Waals surface area contributed by atoms with Gasteiger partial charge < -0.3 is 10.3 Å². The molecule has 0 unspecified atom stereocenters. The summed E-state index contributed by atoms with van der Waals surface area (Å²) >= 11 is 6.11. The van der Waals surface area contributed by atoms with Crippen LogP contribution in [0, 0.1) is 0 Å². The number of hydrogen-bond acceptors (Lipinski definition) is 4. The van der Waals surface area contributed by atoms with Crippen molar-refractivity contribution in [1.82, 2.24) is 9.97 Å². The van der Waals surface area contributed by atoms with Gasteiger partial charge in [-0.2, -0.15) is 0 Å². The molecule has 0 spiro atoms. The van der Waals surface area contributed by atoms with Crippen molar-refractivity contribution in [2.45, 2.75) is 44.9 Å². The second-order valence-corrected chi connectivity index (χ2v) is 8.36. The number of ketones is 1. The van der Waals surface area contributed by atoms with Gasteiger partial charge in [-0.15, -0.1) is 0 Å². The third kappa shape index (κ3) is 3.77. The van der Waals surface area contributed by atoms with E-state index in [1.165, 1.54) is 19.2 Å². The van der Waals surface area contributed by atoms with E-state index in [0.29, 0.717) is 28.4 Å². The third-order valence-corrected chi connectivity index (χ3v) is 5.88. The molecule has 1 saturated carbocycles. The lowest BCUT2D eigenvalue weighted by molar-refractivity contribution is 0.101. The highest BCUT2D eigenvalue weighted by Crippen LogP contribution is 2.49. The summed E-state index contributed by atoms with van der Waals surface area (Å²) in [5.41, 5.74) is 2.34. The monoisotopic (exact) mass is 413 g/mol. The van der Waals surface area contributed by atoms with E-state index in [-0.39, 0.29) is 40.1 Å². The van der Waals surface area contributed by atoms with Crippen LogP contribution >= 0.6 is 11.6 Å². The lowest BCUT2D eigenvalue weighted by Gasteiger charge is -2.20. The largest absolute Gasteiger partial charge is 0.353 e. The second-order valence-electron chi connectivity index (χ2n) is 7.87. The highest BCUT2D eigenvalue weighted by molar-refractivity contribution is 6.30. The van der Waals surface area contributed by atoms with Gasteiger partial charge in [-0.3, -0.25) is 14.6 Å². The van der Waals surface area contributed by atoms with Crippen molar-refractivity contribution in [2.24, 2.45) is 0 Å². The number of nitrogens with one attached hydrogen (secondary N) is 2. The number of anilines is 2. The number of H-pyrrole nitrogens is 1. The van der Waals surface area contributed by atoms with Crippen molar-refractivity contribution < 1.29 is 9.18 Å². The van der Waals surface area contributed by atoms with E-state index in [1.807, 2.05) is 0 Å². The summed E-state index contributed by atoms with van der Waals surface area (Å²) in [6.45, 7) is 3.54. The summed E-state index contributed by atoms with van der Waals surface area (Å²) in [7, 11) is 0. The van der Waals surface area contributed by atoms with Crippen molar-refractivity contribution in [3.05, 3.63) is 68.6 Å². The zero-order chi connectivity index (χ0) is 20.8. The maximum absolute atomic E-state index is 14.5. The summed E-state index contributed by atoms with van der Waals surface area (Å²) in [5.74, 6) is -0.482. The first-order valence-electron chi connectivity index (χ1n) is 9.53. The summed E-state index contributed by atoms with van der Waals surface area (Å²) in [6.07, 6.45) is 7.08. The highest BCUT2D eigenvalue weighted by atomic mass is 35.5. The molecule has 0 amide bonds. The average Bonchev–Trinajstić information content (AvgIpc) is 3.43. The van der Waals surface area contributed by atoms with Gasteiger partial charge in [-0.1, -0.05) is 18.5 Å². The quantitative estimate of drug-likeness (QED) is 0.646. The van der Waals surface area contributed by atoms with Crippen LogP contribution < -0.4 is 10.9 Å². The van der Waals surface area contributed by atoms with Gasteiger partial charge in [0.1, 0.15) is 5.83 Å². The molecule has 5 nitrogen and oxygen atoms in total. The van der Waals surface area contributed by atoms with Crippen LogP contribution in [0.4, 0.5) is 15.8 Å². The van der Waals surface area contributed by atoms with Gasteiger partial charge in [0.25, 0.3) is 5.56 Å². The number of pyridine rings is 2. The molecule has 29 heavy (non-hydrogen) atoms. The highest BCUT2D eigenvalue weighted by Gasteiger charge is 2.42. The Labute approximate surface area is 172 Å². The number of carbonyl (C=O) groups is 1. The molecular formula is C22H21ClFN3O2. The number of halogens is 2. The van der Waals surface area contributed by atoms with E-state index in [0.717, 1.165) is 18.5 Å². The number of rotatable bonds is 5. The Balaban J connectivity index is 1.87. The molecule has 4 rings (SSSR count). The fraction of sp³-hybridized carbons (Fsp3) is 0.318. The zero-order valence-corrected chi connectivity index (χ0v) is 17.0. The van der Waals surface area contributed by atoms with Crippen molar-refractivity contribution in [3.63, 3.8) is 0 Å². The first-order chi connectivity index (χ1) is 13.8. The first-order valence-corrected chi connectivity index (χ1v) is 9.91. The van der Waals surface area contributed by atoms with Crippen LogP contribution in [-0.2, 0) is 5.41 Å². The third-order valence-electron chi connectivity index (χ3n) is 5.58. The molecule has 0 atom stereocenters. The molecule has 0 saturated heterocycles. The molecule has 2 aromatic rings. The molecule has 0 bridgehead atoms. The predicted octanol–water partition coefficient (Wildman–Crippen LogP) is 5.36. The van der Waals surface area contributed by atoms with Gasteiger partial charge in [-0.05, 0) is 44.4 Å². The van der Waals surface area contributed by atoms with E-state index in [1.54, 1.807) is 18.3 Å². The smallest absolute Gasteiger partial charge is 0.256 e. The number of allylic oxidation sites excluding steroid dienone is 4. The maximum atomic E-state index is 14.5. The topological polar surface area (TPSA) is 74.8 Å². The SMILES string of the molecule is CC(=O)c1cnccc1Nc1cc(C2=C(F)CCC(Cl)=C2)c(=O)[nH]c1C1(C)CC1. The number of nitrogens with zero attached hydrogens (tertiary/aromatic N) is 1. The van der Waals surface area contributed by atoms with Gasteiger partial charge in [0, 0.05) is 40.5 Å². The standard InChI is InChI=1S/C22H21ClFN3O2/c1-12(28)16-11-25-8-5-18(16)26-19-10-15(14-9-13(23)3-4-17(14)24)21(29)27-20(19)22(2)6-7-22/h5,8-11H,3-4,6-7H2,1-2H3,(H,25,26)(H,27,29). The molecule has 1 fully saturated rings. The summed E-state index contributed by atoms with van der Waals surface area (Å²) in [5, 5.41) is 3.79. The first kappa shape index (κ1) is 19.6. The van der Waals surface area contributed by atoms with Gasteiger partial charge in [0.2, 0.25) is 0 Å². The van der Waals surface area contributed by atoms with Crippen LogP contribution in [0.3, 0.4) is 0 Å². The van der Waals surface area contributed by atoms with Crippen LogP contribution in [0.15, 0.2) is 46.3 Å². The molecule has 0 aliphatic heterocycles. The lowest BCUT2D eigenvalue weighted by Crippen LogP contribution is -2.20. The predicted molar refractivity (Wildman–Crippen MR) is 112 cm³/mol. The molecule has 2 N–H and O–H groups in total. The molecule has 0 radical (unpaired) electrons. The summed E-state index contributed by atoms with van der Waals surface area (Å²) in [4.78, 5) is 31.8. The molecule has 2 aliphatic rings. The minimum absolute atomic E-state index is 0.125. The Bertz CT molecular complexity index is 1130. The molecule has 2 aromatic heterocycles. The maximum Gasteiger partial charge on any atom is 0.256 e. The Morgan fingerprint density at radius 3 is 2.76 bits per heavy atom. The molecular weight excluding hydrogens is 393 g/mol. The molecule has 2 aliphatic carbocycles. The van der Waals surface area contributed by atoms with Crippen LogP contribution in [0.1, 0.15) is 61.1 Å². The van der Waals surface area contributed by atoms with Gasteiger partial charge in [0.15, 0.2) is 5.78 Å². The fourth-order valence-corrected chi connectivity index (χ4v) is 3.77. The van der Waals surface area contributed by atoms with E-state index >= 15 is 0 Å². The van der Waals surface area contributed by atoms with Crippen LogP contribution in [0.25, 0.3) is 5.57 Å². The number of aromatic nitrogens is 2. The van der Waals surface area contributed by atoms with E-state index in [2.05, 4.69) is 22.2 Å². The van der Waals surface area contributed by atoms with Crippen molar-refractivity contribution >= 4 is 34.3 Å². The van der Waals surface area contributed by atoms with Gasteiger partial charge in [0.05, 0.1) is 22.5 Å². The Hall–Kier alpha value is -2.73. The normalized spacial score (nSPS) is 17.7. The number of Topliss-reactive ketones (excluding diaryl/α,β-unsaturated/α-hetero) is 1. The van der Waals surface area contributed by atoms with E-state index in [9.17, 15) is 14.0 Å². The minimum atomic E-state index is -0.357. The summed E-state index contributed by atoms with van der Waals surface area (Å²) in [6, 6.07) is 3.36. The van der Waals surface area contributed by atoms with E-state index < -0.39 is 0 Å². The Kier molecular flexibility index (Phi) is 4.90. The Morgan fingerprint density at radius 2 is 2.07 bits per heavy atom. The van der Waals surface area contributed by atoms with Crippen LogP contribution in [0.5, 0.6) is 0 Å². The zero-order valence-electron chi connectivity index (χ0n) is 16.2. The van der Waals surface area contributed by atoms with Crippen molar-refractivity contribution in [2.75, 3.05) is 5.32 Å². The molecule has 2 heterocycles. The second kappa shape index (κ2) is 7.26. The van der Waals surface area contributed by atoms with Gasteiger partial charge >= 0.3 is 0 Å². The van der Waals surface area contributed by atoms with Crippen LogP contribution in [-0.4, -0.2) is 15.8 Å². The average molecular weight is 414 g/mol. The molecule has 150 valence electrons. The van der Waals surface area contributed by atoms with Crippen LogP contribution in [0.2, 0.25) is 0 Å². The summed E-state index contributed by atoms with van der Waals surface area (Å²) < 4.78 is 14.5. The Morgan fingerprint density at radius 1 is 1.31 bits per heavy atom. The van der Waals surface area contributed by atoms with Crippen molar-refractivity contribution in [3.8, 4) is 0 Å². The molecule has 7 heteroatoms. The minimum Gasteiger partial charge on any atom is -0.353 e. The fourth-order valence-electron chi connectivity index (χ4n) is 3.57. The van der Waals surface area contributed by atoms with Gasteiger partial charge in [-0.25, -0.2) is 4.39 Å². The number of aromatic amines is 1.